The molecule has 0 aliphatic carbocycles. The first-order valence-electron chi connectivity index (χ1n) is 15.1. The summed E-state index contributed by atoms with van der Waals surface area (Å²) in [5.74, 6) is -2.61. The minimum absolute atomic E-state index is 0. The molecule has 0 aliphatic rings. The predicted octanol–water partition coefficient (Wildman–Crippen LogP) is 1.36. The van der Waals surface area contributed by atoms with E-state index in [2.05, 4.69) is 20.5 Å². The fourth-order valence-electron chi connectivity index (χ4n) is 4.26. The smallest absolute Gasteiger partial charge is 0.744 e. The summed E-state index contributed by atoms with van der Waals surface area (Å²) in [5.41, 5.74) is -1.64. The van der Waals surface area contributed by atoms with Crippen LogP contribution in [-0.4, -0.2) is 56.2 Å². The molecule has 4 rings (SSSR count). The Morgan fingerprint density at radius 3 is 1.07 bits per heavy atom. The zero-order valence-electron chi connectivity index (χ0n) is 32.6. The molecule has 0 radical (unpaired) electrons. The second-order valence-electron chi connectivity index (χ2n) is 13.4. The summed E-state index contributed by atoms with van der Waals surface area (Å²) in [5, 5.41) is 76.2. The maximum Gasteiger partial charge on any atom is 1.00 e. The molecule has 0 bridgehead atoms. The van der Waals surface area contributed by atoms with Crippen LogP contribution in [0.4, 0.5) is 34.1 Å². The van der Waals surface area contributed by atoms with Crippen molar-refractivity contribution in [2.45, 2.75) is 62.2 Å². The Bertz CT molecular complexity index is 2280. The molecule has 0 spiro atoms. The van der Waals surface area contributed by atoms with E-state index in [4.69, 9.17) is 0 Å². The Hall–Kier alpha value is -2.29. The van der Waals surface area contributed by atoms with Gasteiger partial charge in [0.05, 0.1) is 9.85 Å². The van der Waals surface area contributed by atoms with Crippen LogP contribution in [0, 0.1) is 20.2 Å². The van der Waals surface area contributed by atoms with E-state index < -0.39 is 74.1 Å². The molecule has 4 N–H and O–H groups in total. The summed E-state index contributed by atoms with van der Waals surface area (Å²) < 4.78 is 67.3. The Labute approximate surface area is 423 Å². The molecule has 4 aromatic rings. The second-order valence-corrected chi connectivity index (χ2v) is 16.0. The van der Waals surface area contributed by atoms with Crippen molar-refractivity contribution < 1.29 is 178 Å². The van der Waals surface area contributed by atoms with E-state index in [-0.39, 0.29) is 155 Å². The monoisotopic (exact) mass is 919 g/mol. The van der Waals surface area contributed by atoms with E-state index >= 15 is 0 Å². The molecule has 294 valence electrons. The van der Waals surface area contributed by atoms with Gasteiger partial charge in [0.2, 0.25) is 0 Å². The minimum Gasteiger partial charge on any atom is -0.744 e. The van der Waals surface area contributed by atoms with E-state index in [1.807, 2.05) is 41.5 Å². The fourth-order valence-corrected chi connectivity index (χ4v) is 5.47. The van der Waals surface area contributed by atoms with Crippen LogP contribution in [-0.2, 0) is 48.4 Å². The van der Waals surface area contributed by atoms with Gasteiger partial charge in [-0.25, -0.2) is 16.8 Å². The van der Waals surface area contributed by atoms with E-state index in [1.165, 1.54) is 24.3 Å². The van der Waals surface area contributed by atoms with Crippen molar-refractivity contribution in [3.05, 3.63) is 92.0 Å². The van der Waals surface area contributed by atoms with Crippen LogP contribution in [0.25, 0.3) is 0 Å². The molecule has 0 aromatic heterocycles. The number of hydrogen-bond acceptors (Lipinski definition) is 18. The average molecular weight is 920 g/mol. The van der Waals surface area contributed by atoms with Crippen LogP contribution in [0.1, 0.15) is 54.1 Å². The third-order valence-electron chi connectivity index (χ3n) is 7.25. The number of rotatable bonds is 8. The number of aromatic hydroxyl groups is 4. The molecular formula is C32H33CrK2N6O14S2+. The number of hydrogen-bond donors (Lipinski definition) is 4. The Balaban J connectivity index is 0. The van der Waals surface area contributed by atoms with Crippen LogP contribution in [0.2, 0.25) is 0 Å². The largest absolute Gasteiger partial charge is 1.00 e. The van der Waals surface area contributed by atoms with Gasteiger partial charge in [-0.15, -0.1) is 20.5 Å². The van der Waals surface area contributed by atoms with Crippen molar-refractivity contribution >= 4 is 54.4 Å². The maximum absolute atomic E-state index is 11.2. The van der Waals surface area contributed by atoms with Gasteiger partial charge in [0, 0.05) is 41.6 Å². The molecule has 0 saturated heterocycles. The van der Waals surface area contributed by atoms with Gasteiger partial charge in [-0.3, -0.25) is 20.2 Å². The van der Waals surface area contributed by atoms with Crippen LogP contribution in [0.3, 0.4) is 0 Å². The number of phenolic OH excluding ortho intramolecular Hbond substituents is 4. The minimum atomic E-state index is -5.18. The van der Waals surface area contributed by atoms with Crippen LogP contribution in [0.5, 0.6) is 23.0 Å². The van der Waals surface area contributed by atoms with Crippen molar-refractivity contribution in [2.24, 2.45) is 20.5 Å². The zero-order valence-corrected chi connectivity index (χ0v) is 40.7. The van der Waals surface area contributed by atoms with Gasteiger partial charge in [-0.05, 0) is 46.2 Å². The third kappa shape index (κ3) is 15.0. The number of nitro groups is 2. The standard InChI is InChI=1S/2C16H17N3O7S.Cr.2K/c2*1-16(2,3)9-4-5-13(20)11(6-9)17-18-12-7-10(19(22)23)8-14(15(12)21)27(24,25)26;;;/h2*4-8,20-21H,1-3H3,(H,24,25,26);;;/q;;;2*+1/p-1. The topological polar surface area (TPSA) is 331 Å². The quantitative estimate of drug-likeness (QED) is 0.0638. The van der Waals surface area contributed by atoms with Crippen molar-refractivity contribution in [1.29, 1.82) is 0 Å². The normalized spacial score (nSPS) is 11.8. The number of nitrogens with zero attached hydrogens (tertiary/aromatic N) is 6. The van der Waals surface area contributed by atoms with Crippen molar-refractivity contribution in [3.63, 3.8) is 0 Å². The first kappa shape index (κ1) is 54.7. The van der Waals surface area contributed by atoms with Gasteiger partial charge < -0.3 is 29.5 Å². The summed E-state index contributed by atoms with van der Waals surface area (Å²) in [6.07, 6.45) is 0. The SMILES string of the molecule is CC(C)(C)c1ccc(O)c(N=Nc2cc([N+](=O)[O-])cc(S(=O)(=O)[O-])c2O)c1.CC(C)(C)c1ccc(O)c(N=Nc2cc([N+](=O)[O-])cc(S(=O)(=O)[O-])c2O)c1.[Cr].[H+].[K+].[K+]. The van der Waals surface area contributed by atoms with Gasteiger partial charge in [0.25, 0.3) is 11.4 Å². The van der Waals surface area contributed by atoms with E-state index in [0.717, 1.165) is 23.3 Å². The first-order chi connectivity index (χ1) is 24.6. The maximum atomic E-state index is 11.2. The van der Waals surface area contributed by atoms with Gasteiger partial charge in [-0.2, -0.15) is 0 Å². The van der Waals surface area contributed by atoms with Crippen molar-refractivity contribution in [2.75, 3.05) is 0 Å². The molecule has 4 aromatic carbocycles. The van der Waals surface area contributed by atoms with E-state index in [9.17, 15) is 66.6 Å². The Morgan fingerprint density at radius 1 is 0.544 bits per heavy atom. The summed E-state index contributed by atoms with van der Waals surface area (Å²) in [6, 6.07) is 11.6. The summed E-state index contributed by atoms with van der Waals surface area (Å²) in [6.45, 7) is 11.6. The molecular weight excluding hydrogens is 887 g/mol. The molecule has 20 nitrogen and oxygen atoms in total. The van der Waals surface area contributed by atoms with Crippen molar-refractivity contribution in [3.8, 4) is 23.0 Å². The van der Waals surface area contributed by atoms with Crippen LogP contribution >= 0.6 is 0 Å². The van der Waals surface area contributed by atoms with Crippen LogP contribution < -0.4 is 103 Å². The summed E-state index contributed by atoms with van der Waals surface area (Å²) in [4.78, 5) is 17.6. The fraction of sp³-hybridized carbons (Fsp3) is 0.250. The molecule has 0 unspecified atom stereocenters. The molecule has 25 heteroatoms. The van der Waals surface area contributed by atoms with Gasteiger partial charge in [0.15, 0.2) is 11.5 Å². The van der Waals surface area contributed by atoms with Gasteiger partial charge in [0.1, 0.15) is 64.3 Å². The van der Waals surface area contributed by atoms with Gasteiger partial charge >= 0.3 is 104 Å². The number of non-ortho nitro benzene ring substituents is 2. The Kier molecular flexibility index (Phi) is 20.4. The molecule has 0 fully saturated rings. The van der Waals surface area contributed by atoms with Crippen molar-refractivity contribution in [1.82, 2.24) is 0 Å². The molecule has 0 saturated carbocycles. The number of benzene rings is 4. The third-order valence-corrected chi connectivity index (χ3v) is 8.95. The molecule has 0 aliphatic heterocycles. The molecule has 0 amide bonds. The molecule has 57 heavy (non-hydrogen) atoms. The summed E-state index contributed by atoms with van der Waals surface area (Å²) >= 11 is 0. The second kappa shape index (κ2) is 21.3. The number of phenols is 4. The van der Waals surface area contributed by atoms with Crippen LogP contribution in [0.15, 0.2) is 90.9 Å². The zero-order chi connectivity index (χ0) is 41.1. The van der Waals surface area contributed by atoms with E-state index in [0.29, 0.717) is 12.1 Å². The molecule has 0 heterocycles. The average Bonchev–Trinajstić information content (AvgIpc) is 3.03. The Morgan fingerprint density at radius 2 is 0.825 bits per heavy atom. The van der Waals surface area contributed by atoms with E-state index in [1.54, 1.807) is 12.1 Å². The molecule has 0 atom stereocenters. The van der Waals surface area contributed by atoms with Gasteiger partial charge in [-0.1, -0.05) is 53.7 Å². The predicted molar refractivity (Wildman–Crippen MR) is 189 cm³/mol. The number of nitro benzene ring substituents is 2. The summed E-state index contributed by atoms with van der Waals surface area (Å²) in [7, 11) is -10.4. The first-order valence-corrected chi connectivity index (χ1v) is 17.9. The number of azo groups is 2.